The van der Waals surface area contributed by atoms with E-state index in [1.807, 2.05) is 62.3 Å². The Kier molecular flexibility index (Phi) is 8.08. The van der Waals surface area contributed by atoms with Crippen LogP contribution in [0.25, 0.3) is 6.08 Å². The van der Waals surface area contributed by atoms with Gasteiger partial charge in [0, 0.05) is 36.9 Å². The van der Waals surface area contributed by atoms with Crippen molar-refractivity contribution in [3.63, 3.8) is 0 Å². The number of allylic oxidation sites excluding steroid dienone is 1. The topological polar surface area (TPSA) is 86.2 Å². The Morgan fingerprint density at radius 2 is 1.88 bits per heavy atom. The molecule has 0 radical (unpaired) electrons. The Morgan fingerprint density at radius 3 is 2.53 bits per heavy atom. The predicted octanol–water partition coefficient (Wildman–Crippen LogP) is 4.41. The molecular weight excluding hydrogens is 446 g/mol. The minimum Gasteiger partial charge on any atom is -0.378 e. The Hall–Kier alpha value is -3.10. The Labute approximate surface area is 196 Å². The molecule has 2 amide bonds. The summed E-state index contributed by atoms with van der Waals surface area (Å²) in [6, 6.07) is 14.9. The van der Waals surface area contributed by atoms with Gasteiger partial charge in [-0.3, -0.25) is 9.59 Å². The van der Waals surface area contributed by atoms with E-state index in [1.54, 1.807) is 24.3 Å². The third-order valence-electron chi connectivity index (χ3n) is 4.50. The van der Waals surface area contributed by atoms with E-state index < -0.39 is 5.25 Å². The summed E-state index contributed by atoms with van der Waals surface area (Å²) in [5, 5.41) is 14.0. The van der Waals surface area contributed by atoms with E-state index in [2.05, 4.69) is 20.8 Å². The van der Waals surface area contributed by atoms with Crippen molar-refractivity contribution in [2.24, 2.45) is 10.2 Å². The summed E-state index contributed by atoms with van der Waals surface area (Å²) < 4.78 is 0. The van der Waals surface area contributed by atoms with Crippen LogP contribution in [0.15, 0.2) is 64.8 Å². The van der Waals surface area contributed by atoms with Crippen LogP contribution in [0.1, 0.15) is 18.9 Å². The Bertz CT molecular complexity index is 1060. The number of rotatable bonds is 6. The monoisotopic (exact) mass is 469 g/mol. The van der Waals surface area contributed by atoms with Gasteiger partial charge in [-0.15, -0.1) is 5.10 Å². The van der Waals surface area contributed by atoms with Crippen LogP contribution in [0.4, 0.5) is 11.4 Å². The number of hydrogen-bond acceptors (Lipinski definition) is 6. The maximum atomic E-state index is 12.6. The highest BCUT2D eigenvalue weighted by Gasteiger charge is 2.30. The minimum absolute atomic E-state index is 0.0641. The van der Waals surface area contributed by atoms with Gasteiger partial charge in [0.25, 0.3) is 0 Å². The molecule has 3 rings (SSSR count). The summed E-state index contributed by atoms with van der Waals surface area (Å²) >= 11 is 7.04. The number of thioether (sulfide) groups is 1. The molecule has 0 spiro atoms. The van der Waals surface area contributed by atoms with Crippen molar-refractivity contribution in [1.29, 1.82) is 0 Å². The van der Waals surface area contributed by atoms with Gasteiger partial charge < -0.3 is 15.5 Å². The van der Waals surface area contributed by atoms with Gasteiger partial charge in [-0.2, -0.15) is 5.10 Å². The van der Waals surface area contributed by atoms with E-state index in [4.69, 9.17) is 11.6 Å². The van der Waals surface area contributed by atoms with Gasteiger partial charge in [0.05, 0.1) is 5.71 Å². The largest absolute Gasteiger partial charge is 0.378 e. The average molecular weight is 470 g/mol. The summed E-state index contributed by atoms with van der Waals surface area (Å²) in [5.41, 5.74) is 3.44. The standard InChI is InChI=1S/C23H24ClN5O2S/c1-15(4-5-16-6-12-19(13-7-16)29(2)3)27-28-23-26-21(30)14-20(32-23)22(31)25-18-10-8-17(24)9-11-18/h4-13,20H,14H2,1-3H3,(H,25,31)(H,26,28,30)/b5-4+,27-15+. The molecule has 1 unspecified atom stereocenters. The number of carbonyl (C=O) groups is 2. The zero-order valence-corrected chi connectivity index (χ0v) is 19.6. The number of amides is 2. The highest BCUT2D eigenvalue weighted by Crippen LogP contribution is 2.23. The van der Waals surface area contributed by atoms with E-state index in [0.29, 0.717) is 21.6 Å². The van der Waals surface area contributed by atoms with E-state index in [1.165, 1.54) is 11.8 Å². The van der Waals surface area contributed by atoms with Gasteiger partial charge in [-0.1, -0.05) is 41.6 Å². The molecule has 0 bridgehead atoms. The fourth-order valence-corrected chi connectivity index (χ4v) is 3.81. The predicted molar refractivity (Wildman–Crippen MR) is 135 cm³/mol. The fourth-order valence-electron chi connectivity index (χ4n) is 2.75. The number of benzene rings is 2. The molecule has 1 saturated heterocycles. The summed E-state index contributed by atoms with van der Waals surface area (Å²) in [6.07, 6.45) is 3.84. The molecule has 1 atom stereocenters. The Morgan fingerprint density at radius 1 is 1.19 bits per heavy atom. The zero-order valence-electron chi connectivity index (χ0n) is 18.0. The summed E-state index contributed by atoms with van der Waals surface area (Å²) in [6.45, 7) is 1.81. The highest BCUT2D eigenvalue weighted by atomic mass is 35.5. The minimum atomic E-state index is -0.598. The van der Waals surface area contributed by atoms with Crippen LogP contribution in [-0.2, 0) is 9.59 Å². The van der Waals surface area contributed by atoms with Crippen LogP contribution in [0.2, 0.25) is 5.02 Å². The van der Waals surface area contributed by atoms with Crippen molar-refractivity contribution < 1.29 is 9.59 Å². The van der Waals surface area contributed by atoms with E-state index >= 15 is 0 Å². The molecule has 2 N–H and O–H groups in total. The maximum absolute atomic E-state index is 12.6. The van der Waals surface area contributed by atoms with Crippen LogP contribution < -0.4 is 15.5 Å². The maximum Gasteiger partial charge on any atom is 0.238 e. The molecule has 2 aromatic rings. The molecule has 32 heavy (non-hydrogen) atoms. The fraction of sp³-hybridized carbons (Fsp3) is 0.217. The summed E-state index contributed by atoms with van der Waals surface area (Å²) in [7, 11) is 3.99. The second-order valence-electron chi connectivity index (χ2n) is 7.32. The van der Waals surface area contributed by atoms with Crippen molar-refractivity contribution >= 4 is 63.5 Å². The van der Waals surface area contributed by atoms with Crippen LogP contribution in [-0.4, -0.2) is 42.0 Å². The van der Waals surface area contributed by atoms with Gasteiger partial charge in [0.1, 0.15) is 5.25 Å². The average Bonchev–Trinajstić information content (AvgIpc) is 2.77. The van der Waals surface area contributed by atoms with Crippen LogP contribution in [0, 0.1) is 0 Å². The number of anilines is 2. The quantitative estimate of drug-likeness (QED) is 0.484. The molecule has 1 aliphatic heterocycles. The second-order valence-corrected chi connectivity index (χ2v) is 8.95. The molecule has 1 aliphatic rings. The summed E-state index contributed by atoms with van der Waals surface area (Å²) in [4.78, 5) is 26.6. The van der Waals surface area contributed by atoms with Crippen molar-refractivity contribution in [2.75, 3.05) is 24.3 Å². The van der Waals surface area contributed by atoms with Crippen molar-refractivity contribution in [3.8, 4) is 0 Å². The molecule has 1 fully saturated rings. The lowest BCUT2D eigenvalue weighted by atomic mass is 10.2. The zero-order chi connectivity index (χ0) is 23.1. The van der Waals surface area contributed by atoms with Gasteiger partial charge in [-0.05, 0) is 55.0 Å². The van der Waals surface area contributed by atoms with Crippen LogP contribution in [0.3, 0.4) is 0 Å². The first-order valence-electron chi connectivity index (χ1n) is 9.91. The molecule has 9 heteroatoms. The molecule has 0 aromatic heterocycles. The van der Waals surface area contributed by atoms with Crippen molar-refractivity contribution in [3.05, 3.63) is 65.2 Å². The normalized spacial score (nSPS) is 18.0. The molecule has 166 valence electrons. The lowest BCUT2D eigenvalue weighted by molar-refractivity contribution is -0.123. The smallest absolute Gasteiger partial charge is 0.238 e. The second kappa shape index (κ2) is 11.0. The van der Waals surface area contributed by atoms with Gasteiger partial charge >= 0.3 is 0 Å². The van der Waals surface area contributed by atoms with Crippen molar-refractivity contribution in [1.82, 2.24) is 5.32 Å². The molecule has 0 aliphatic carbocycles. The molecule has 1 heterocycles. The van der Waals surface area contributed by atoms with E-state index in [9.17, 15) is 9.59 Å². The van der Waals surface area contributed by atoms with Crippen LogP contribution in [0.5, 0.6) is 0 Å². The molecule has 2 aromatic carbocycles. The molecule has 0 saturated carbocycles. The third kappa shape index (κ3) is 6.96. The number of hydrogen-bond donors (Lipinski definition) is 2. The number of amidine groups is 1. The number of nitrogens with zero attached hydrogens (tertiary/aromatic N) is 3. The first kappa shape index (κ1) is 23.6. The SMILES string of the molecule is CC(/C=C/c1ccc(N(C)C)cc1)=N\N=C1/NC(=O)CC(C(=O)Nc2ccc(Cl)cc2)S1. The van der Waals surface area contributed by atoms with Crippen molar-refractivity contribution in [2.45, 2.75) is 18.6 Å². The van der Waals surface area contributed by atoms with Crippen LogP contribution >= 0.6 is 23.4 Å². The first-order chi connectivity index (χ1) is 15.3. The third-order valence-corrected chi connectivity index (χ3v) is 5.82. The van der Waals surface area contributed by atoms with Gasteiger partial charge in [0.2, 0.25) is 11.8 Å². The molecule has 7 nitrogen and oxygen atoms in total. The summed E-state index contributed by atoms with van der Waals surface area (Å²) in [5.74, 6) is -0.551. The number of nitrogens with one attached hydrogen (secondary N) is 2. The van der Waals surface area contributed by atoms with Gasteiger partial charge in [-0.25, -0.2) is 0 Å². The van der Waals surface area contributed by atoms with E-state index in [-0.39, 0.29) is 18.2 Å². The first-order valence-corrected chi connectivity index (χ1v) is 11.2. The molecular formula is C23H24ClN5O2S. The lowest BCUT2D eigenvalue weighted by Gasteiger charge is -2.21. The van der Waals surface area contributed by atoms with Gasteiger partial charge in [0.15, 0.2) is 5.17 Å². The number of carbonyl (C=O) groups excluding carboxylic acids is 2. The number of halogens is 1. The van der Waals surface area contributed by atoms with E-state index in [0.717, 1.165) is 11.3 Å². The lowest BCUT2D eigenvalue weighted by Crippen LogP contribution is -2.41. The Balaban J connectivity index is 1.62. The highest BCUT2D eigenvalue weighted by molar-refractivity contribution is 8.15.